The first-order valence-electron chi connectivity index (χ1n) is 7.09. The summed E-state index contributed by atoms with van der Waals surface area (Å²) >= 11 is 0. The first-order chi connectivity index (χ1) is 9.95. The molecule has 2 aromatic rings. The summed E-state index contributed by atoms with van der Waals surface area (Å²) in [6, 6.07) is 14.2. The van der Waals surface area contributed by atoms with Crippen molar-refractivity contribution in [2.24, 2.45) is 0 Å². The summed E-state index contributed by atoms with van der Waals surface area (Å²) < 4.78 is 0. The van der Waals surface area contributed by atoms with Crippen molar-refractivity contribution in [2.75, 3.05) is 0 Å². The zero-order valence-electron chi connectivity index (χ0n) is 12.7. The number of hydrogen-bond acceptors (Lipinski definition) is 2. The van der Waals surface area contributed by atoms with E-state index in [1.54, 1.807) is 6.92 Å². The van der Waals surface area contributed by atoms with E-state index in [-0.39, 0.29) is 0 Å². The summed E-state index contributed by atoms with van der Waals surface area (Å²) in [6.45, 7) is 6.40. The molecule has 0 saturated heterocycles. The average Bonchev–Trinajstić information content (AvgIpc) is 2.44. The summed E-state index contributed by atoms with van der Waals surface area (Å²) in [5, 5.41) is 11.8. The molecule has 0 spiro atoms. The second-order valence-corrected chi connectivity index (χ2v) is 5.51. The van der Waals surface area contributed by atoms with Gasteiger partial charge >= 0.3 is 5.97 Å². The Hall–Kier alpha value is -2.13. The number of hydrogen-bond donors (Lipinski definition) is 2. The topological polar surface area (TPSA) is 49.3 Å². The zero-order valence-corrected chi connectivity index (χ0v) is 12.7. The molecule has 0 saturated carbocycles. The van der Waals surface area contributed by atoms with E-state index in [0.717, 1.165) is 5.56 Å². The van der Waals surface area contributed by atoms with Crippen molar-refractivity contribution >= 4 is 5.97 Å². The standard InChI is InChI=1S/C18H21NO2/c1-12-8-13(2)10-17(9-12)16-6-4-15(5-7-16)11-19-14(3)18(20)21/h4-10,14,19H,11H2,1-3H3,(H,20,21)/t14-/m0/s1. The lowest BCUT2D eigenvalue weighted by atomic mass is 10.00. The molecule has 3 heteroatoms. The van der Waals surface area contributed by atoms with Crippen molar-refractivity contribution in [2.45, 2.75) is 33.4 Å². The lowest BCUT2D eigenvalue weighted by molar-refractivity contribution is -0.139. The van der Waals surface area contributed by atoms with Crippen LogP contribution in [0.2, 0.25) is 0 Å². The summed E-state index contributed by atoms with van der Waals surface area (Å²) in [5.74, 6) is -0.832. The molecule has 0 bridgehead atoms. The number of benzene rings is 2. The van der Waals surface area contributed by atoms with Gasteiger partial charge in [0.05, 0.1) is 0 Å². The molecule has 3 nitrogen and oxygen atoms in total. The van der Waals surface area contributed by atoms with Gasteiger partial charge in [0.15, 0.2) is 0 Å². The van der Waals surface area contributed by atoms with Crippen LogP contribution in [0.15, 0.2) is 42.5 Å². The number of carbonyl (C=O) groups is 1. The van der Waals surface area contributed by atoms with Gasteiger partial charge in [0, 0.05) is 6.54 Å². The van der Waals surface area contributed by atoms with Crippen LogP contribution in [0.25, 0.3) is 11.1 Å². The third-order valence-electron chi connectivity index (χ3n) is 3.49. The summed E-state index contributed by atoms with van der Waals surface area (Å²) in [6.07, 6.45) is 0. The molecule has 2 N–H and O–H groups in total. The van der Waals surface area contributed by atoms with Crippen LogP contribution in [-0.2, 0) is 11.3 Å². The van der Waals surface area contributed by atoms with Gasteiger partial charge in [-0.3, -0.25) is 4.79 Å². The normalized spacial score (nSPS) is 12.1. The molecule has 0 aliphatic heterocycles. The molecule has 1 atom stereocenters. The first kappa shape index (κ1) is 15.3. The Morgan fingerprint density at radius 3 is 2.14 bits per heavy atom. The van der Waals surface area contributed by atoms with Gasteiger partial charge in [-0.05, 0) is 37.5 Å². The fourth-order valence-corrected chi connectivity index (χ4v) is 2.31. The Balaban J connectivity index is 2.10. The molecular weight excluding hydrogens is 262 g/mol. The first-order valence-corrected chi connectivity index (χ1v) is 7.09. The van der Waals surface area contributed by atoms with Crippen molar-refractivity contribution in [3.05, 3.63) is 59.2 Å². The molecular formula is C18H21NO2. The molecule has 2 rings (SSSR count). The number of nitrogens with one attached hydrogen (secondary N) is 1. The highest BCUT2D eigenvalue weighted by molar-refractivity contribution is 5.72. The Kier molecular flexibility index (Phi) is 4.76. The van der Waals surface area contributed by atoms with E-state index in [0.29, 0.717) is 6.54 Å². The minimum absolute atomic E-state index is 0.538. The number of rotatable bonds is 5. The van der Waals surface area contributed by atoms with Crippen molar-refractivity contribution in [3.63, 3.8) is 0 Å². The summed E-state index contributed by atoms with van der Waals surface area (Å²) in [5.41, 5.74) is 5.98. The molecule has 110 valence electrons. The predicted octanol–water partition coefficient (Wildman–Crippen LogP) is 3.53. The fourth-order valence-electron chi connectivity index (χ4n) is 2.31. The van der Waals surface area contributed by atoms with Gasteiger partial charge in [0.2, 0.25) is 0 Å². The fraction of sp³-hybridized carbons (Fsp3) is 0.278. The molecule has 0 heterocycles. The monoisotopic (exact) mass is 283 g/mol. The van der Waals surface area contributed by atoms with Crippen LogP contribution in [0.5, 0.6) is 0 Å². The number of carboxylic acid groups (broad SMARTS) is 1. The Morgan fingerprint density at radius 2 is 1.62 bits per heavy atom. The lowest BCUT2D eigenvalue weighted by Crippen LogP contribution is -2.33. The number of aryl methyl sites for hydroxylation is 2. The Bertz CT molecular complexity index is 612. The largest absolute Gasteiger partial charge is 0.480 e. The maximum Gasteiger partial charge on any atom is 0.320 e. The van der Waals surface area contributed by atoms with Gasteiger partial charge in [0.25, 0.3) is 0 Å². The van der Waals surface area contributed by atoms with Crippen LogP contribution in [0, 0.1) is 13.8 Å². The van der Waals surface area contributed by atoms with Gasteiger partial charge < -0.3 is 10.4 Å². The van der Waals surface area contributed by atoms with Crippen molar-refractivity contribution in [1.82, 2.24) is 5.32 Å². The van der Waals surface area contributed by atoms with Crippen LogP contribution in [0.3, 0.4) is 0 Å². The summed E-state index contributed by atoms with van der Waals surface area (Å²) in [7, 11) is 0. The van der Waals surface area contributed by atoms with Gasteiger partial charge in [-0.1, -0.05) is 53.6 Å². The quantitative estimate of drug-likeness (QED) is 0.882. The SMILES string of the molecule is Cc1cc(C)cc(-c2ccc(CN[C@@H](C)C(=O)O)cc2)c1. The van der Waals surface area contributed by atoms with Crippen LogP contribution >= 0.6 is 0 Å². The van der Waals surface area contributed by atoms with Crippen LogP contribution in [0.1, 0.15) is 23.6 Å². The molecule has 0 aromatic heterocycles. The van der Waals surface area contributed by atoms with Crippen molar-refractivity contribution < 1.29 is 9.90 Å². The Morgan fingerprint density at radius 1 is 1.05 bits per heavy atom. The zero-order chi connectivity index (χ0) is 15.4. The Labute approximate surface area is 125 Å². The third kappa shape index (κ3) is 4.17. The van der Waals surface area contributed by atoms with E-state index in [4.69, 9.17) is 5.11 Å². The van der Waals surface area contributed by atoms with E-state index >= 15 is 0 Å². The van der Waals surface area contributed by atoms with Crippen LogP contribution in [0.4, 0.5) is 0 Å². The lowest BCUT2D eigenvalue weighted by Gasteiger charge is -2.10. The van der Waals surface area contributed by atoms with Gasteiger partial charge in [-0.15, -0.1) is 0 Å². The van der Waals surface area contributed by atoms with Gasteiger partial charge in [-0.2, -0.15) is 0 Å². The maximum atomic E-state index is 10.8. The maximum absolute atomic E-state index is 10.8. The number of carboxylic acids is 1. The van der Waals surface area contributed by atoms with Gasteiger partial charge in [0.1, 0.15) is 6.04 Å². The van der Waals surface area contributed by atoms with Crippen LogP contribution in [-0.4, -0.2) is 17.1 Å². The highest BCUT2D eigenvalue weighted by Crippen LogP contribution is 2.22. The number of aliphatic carboxylic acids is 1. The minimum atomic E-state index is -0.832. The molecule has 0 fully saturated rings. The van der Waals surface area contributed by atoms with Crippen molar-refractivity contribution in [3.8, 4) is 11.1 Å². The van der Waals surface area contributed by atoms with E-state index in [2.05, 4.69) is 49.5 Å². The summed E-state index contributed by atoms with van der Waals surface area (Å²) in [4.78, 5) is 10.8. The van der Waals surface area contributed by atoms with E-state index in [1.807, 2.05) is 12.1 Å². The van der Waals surface area contributed by atoms with Gasteiger partial charge in [-0.25, -0.2) is 0 Å². The highest BCUT2D eigenvalue weighted by Gasteiger charge is 2.09. The second kappa shape index (κ2) is 6.55. The predicted molar refractivity (Wildman–Crippen MR) is 85.3 cm³/mol. The van der Waals surface area contributed by atoms with Crippen LogP contribution < -0.4 is 5.32 Å². The molecule has 0 amide bonds. The van der Waals surface area contributed by atoms with Crippen molar-refractivity contribution in [1.29, 1.82) is 0 Å². The molecule has 2 aromatic carbocycles. The van der Waals surface area contributed by atoms with E-state index < -0.39 is 12.0 Å². The third-order valence-corrected chi connectivity index (χ3v) is 3.49. The molecule has 0 aliphatic carbocycles. The smallest absolute Gasteiger partial charge is 0.320 e. The molecule has 0 unspecified atom stereocenters. The van der Waals surface area contributed by atoms with E-state index in [9.17, 15) is 4.79 Å². The second-order valence-electron chi connectivity index (χ2n) is 5.51. The molecule has 21 heavy (non-hydrogen) atoms. The molecule has 0 radical (unpaired) electrons. The molecule has 0 aliphatic rings. The minimum Gasteiger partial charge on any atom is -0.480 e. The highest BCUT2D eigenvalue weighted by atomic mass is 16.4. The van der Waals surface area contributed by atoms with E-state index in [1.165, 1.54) is 22.3 Å². The average molecular weight is 283 g/mol.